The molecule has 0 N–H and O–H groups in total. The normalized spacial score (nSPS) is 12.2. The van der Waals surface area contributed by atoms with Crippen LogP contribution < -0.4 is 10.4 Å². The predicted octanol–water partition coefficient (Wildman–Crippen LogP) is 7.57. The third-order valence-electron chi connectivity index (χ3n) is 8.09. The molecular weight excluding hydrogens is 580 g/mol. The maximum absolute atomic E-state index is 6.85. The highest BCUT2D eigenvalue weighted by Crippen LogP contribution is 2.36. The molecule has 0 bridgehead atoms. The van der Waals surface area contributed by atoms with Crippen LogP contribution in [0.1, 0.15) is 91.9 Å². The van der Waals surface area contributed by atoms with Gasteiger partial charge in [0.15, 0.2) is 0 Å². The highest BCUT2D eigenvalue weighted by molar-refractivity contribution is 6.99. The van der Waals surface area contributed by atoms with Crippen molar-refractivity contribution in [2.45, 2.75) is 96.9 Å². The van der Waals surface area contributed by atoms with E-state index in [0.717, 1.165) is 13.0 Å². The van der Waals surface area contributed by atoms with Crippen LogP contribution in [0.4, 0.5) is 0 Å². The van der Waals surface area contributed by atoms with Gasteiger partial charge in [-0.25, -0.2) is 0 Å². The second-order valence-corrected chi connectivity index (χ2v) is 17.1. The Morgan fingerprint density at radius 2 is 0.756 bits per heavy atom. The van der Waals surface area contributed by atoms with Gasteiger partial charge in [-0.1, -0.05) is 146 Å². The molecular formula is C38H64O6Si. The first-order valence-corrected chi connectivity index (χ1v) is 19.6. The third kappa shape index (κ3) is 16.7. The number of hydrogen-bond acceptors (Lipinski definition) is 6. The zero-order valence-electron chi connectivity index (χ0n) is 29.1. The molecule has 0 unspecified atom stereocenters. The minimum absolute atomic E-state index is 0.0379. The van der Waals surface area contributed by atoms with Gasteiger partial charge in [-0.15, -0.1) is 0 Å². The van der Waals surface area contributed by atoms with E-state index in [4.69, 9.17) is 28.1 Å². The average Bonchev–Trinajstić information content (AvgIpc) is 3.05. The summed E-state index contributed by atoms with van der Waals surface area (Å²) < 4.78 is 35.3. The molecule has 0 saturated heterocycles. The van der Waals surface area contributed by atoms with E-state index < -0.39 is 8.32 Å². The molecule has 2 aromatic carbocycles. The molecule has 0 atom stereocenters. The van der Waals surface area contributed by atoms with E-state index in [0.29, 0.717) is 66.1 Å². The van der Waals surface area contributed by atoms with E-state index in [-0.39, 0.29) is 5.04 Å². The molecule has 2 aromatic rings. The Kier molecular flexibility index (Phi) is 22.4. The molecule has 256 valence electrons. The van der Waals surface area contributed by atoms with Crippen molar-refractivity contribution in [3.05, 3.63) is 60.7 Å². The summed E-state index contributed by atoms with van der Waals surface area (Å²) in [6.45, 7) is 15.6. The van der Waals surface area contributed by atoms with Crippen LogP contribution in [0.2, 0.25) is 5.04 Å². The van der Waals surface area contributed by atoms with Crippen LogP contribution in [-0.4, -0.2) is 81.0 Å². The van der Waals surface area contributed by atoms with Crippen molar-refractivity contribution in [3.8, 4) is 0 Å². The maximum atomic E-state index is 6.85. The van der Waals surface area contributed by atoms with Crippen LogP contribution in [0.3, 0.4) is 0 Å². The second-order valence-electron chi connectivity index (χ2n) is 12.8. The quantitative estimate of drug-likeness (QED) is 0.0673. The van der Waals surface area contributed by atoms with E-state index in [9.17, 15) is 0 Å². The molecule has 0 fully saturated rings. The summed E-state index contributed by atoms with van der Waals surface area (Å²) in [5.74, 6) is 0. The van der Waals surface area contributed by atoms with Gasteiger partial charge in [-0.3, -0.25) is 0 Å². The highest BCUT2D eigenvalue weighted by atomic mass is 28.4. The van der Waals surface area contributed by atoms with Crippen molar-refractivity contribution >= 4 is 18.7 Å². The molecule has 0 spiro atoms. The van der Waals surface area contributed by atoms with Crippen LogP contribution in [-0.2, 0) is 28.1 Å². The Bertz CT molecular complexity index is 881. The average molecular weight is 645 g/mol. The first-order chi connectivity index (χ1) is 22.0. The van der Waals surface area contributed by atoms with Gasteiger partial charge in [0.05, 0.1) is 66.1 Å². The lowest BCUT2D eigenvalue weighted by Crippen LogP contribution is -2.66. The monoisotopic (exact) mass is 644 g/mol. The summed E-state index contributed by atoms with van der Waals surface area (Å²) in [5.41, 5.74) is 0. The van der Waals surface area contributed by atoms with Gasteiger partial charge in [0.1, 0.15) is 0 Å². The van der Waals surface area contributed by atoms with Crippen LogP contribution in [0.25, 0.3) is 0 Å². The van der Waals surface area contributed by atoms with E-state index in [2.05, 4.69) is 88.4 Å². The van der Waals surface area contributed by atoms with Gasteiger partial charge < -0.3 is 28.1 Å². The fraction of sp³-hybridized carbons (Fsp3) is 0.684. The molecule has 0 aliphatic heterocycles. The number of unbranched alkanes of at least 4 members (excludes halogenated alkanes) is 9. The van der Waals surface area contributed by atoms with Crippen molar-refractivity contribution in [1.82, 2.24) is 0 Å². The molecule has 0 aliphatic carbocycles. The van der Waals surface area contributed by atoms with Crippen LogP contribution in [0.15, 0.2) is 60.7 Å². The lowest BCUT2D eigenvalue weighted by Gasteiger charge is -2.43. The zero-order chi connectivity index (χ0) is 32.3. The topological polar surface area (TPSA) is 55.4 Å². The third-order valence-corrected chi connectivity index (χ3v) is 13.1. The molecule has 7 heteroatoms. The fourth-order valence-electron chi connectivity index (χ4n) is 5.69. The van der Waals surface area contributed by atoms with Crippen molar-refractivity contribution in [3.63, 3.8) is 0 Å². The van der Waals surface area contributed by atoms with E-state index in [1.54, 1.807) is 0 Å². The summed E-state index contributed by atoms with van der Waals surface area (Å²) >= 11 is 0. The summed E-state index contributed by atoms with van der Waals surface area (Å²) in [6.07, 6.45) is 13.5. The number of rotatable bonds is 29. The summed E-state index contributed by atoms with van der Waals surface area (Å²) in [4.78, 5) is 0. The predicted molar refractivity (Wildman–Crippen MR) is 190 cm³/mol. The number of ether oxygens (including phenoxy) is 5. The Balaban J connectivity index is 1.42. The zero-order valence-corrected chi connectivity index (χ0v) is 30.1. The van der Waals surface area contributed by atoms with Crippen molar-refractivity contribution < 1.29 is 28.1 Å². The first kappa shape index (κ1) is 39.6. The van der Waals surface area contributed by atoms with Gasteiger partial charge in [0.2, 0.25) is 0 Å². The standard InChI is InChI=1S/C38H64O6Si/c1-5-6-7-8-9-10-11-12-13-20-25-39-26-27-40-28-29-41-30-31-42-32-33-43-34-35-44-45(38(2,3)4,36-21-16-14-17-22-36)37-23-18-15-19-24-37/h14-19,21-24H,5-13,20,25-35H2,1-4H3. The van der Waals surface area contributed by atoms with Crippen LogP contribution in [0, 0.1) is 0 Å². The summed E-state index contributed by atoms with van der Waals surface area (Å²) in [7, 11) is -2.51. The van der Waals surface area contributed by atoms with E-state index in [1.165, 1.54) is 68.2 Å². The van der Waals surface area contributed by atoms with Crippen molar-refractivity contribution in [1.29, 1.82) is 0 Å². The molecule has 0 aliphatic rings. The fourth-order valence-corrected chi connectivity index (χ4v) is 10.2. The minimum Gasteiger partial charge on any atom is -0.405 e. The Morgan fingerprint density at radius 3 is 1.13 bits per heavy atom. The SMILES string of the molecule is CCCCCCCCCCCCOCCOCCOCCOCCOCCO[Si](c1ccccc1)(c1ccccc1)C(C)(C)C. The Hall–Kier alpha value is -1.58. The smallest absolute Gasteiger partial charge is 0.261 e. The van der Waals surface area contributed by atoms with Crippen LogP contribution >= 0.6 is 0 Å². The first-order valence-electron chi connectivity index (χ1n) is 17.7. The Labute approximate surface area is 276 Å². The summed E-state index contributed by atoms with van der Waals surface area (Å²) in [5, 5.41) is 2.53. The van der Waals surface area contributed by atoms with Gasteiger partial charge in [0, 0.05) is 6.61 Å². The minimum atomic E-state index is -2.51. The summed E-state index contributed by atoms with van der Waals surface area (Å²) in [6, 6.07) is 21.4. The second kappa shape index (κ2) is 25.5. The molecule has 0 heterocycles. The maximum Gasteiger partial charge on any atom is 0.261 e. The molecule has 2 rings (SSSR count). The van der Waals surface area contributed by atoms with Gasteiger partial charge >= 0.3 is 0 Å². The lowest BCUT2D eigenvalue weighted by molar-refractivity contribution is -0.0130. The van der Waals surface area contributed by atoms with Crippen LogP contribution in [0.5, 0.6) is 0 Å². The highest BCUT2D eigenvalue weighted by Gasteiger charge is 2.49. The van der Waals surface area contributed by atoms with E-state index in [1.807, 2.05) is 0 Å². The Morgan fingerprint density at radius 1 is 0.422 bits per heavy atom. The molecule has 6 nitrogen and oxygen atoms in total. The van der Waals surface area contributed by atoms with E-state index >= 15 is 0 Å². The number of benzene rings is 2. The van der Waals surface area contributed by atoms with Gasteiger partial charge in [0.25, 0.3) is 8.32 Å². The molecule has 0 aromatic heterocycles. The lowest BCUT2D eigenvalue weighted by atomic mass is 10.1. The molecule has 45 heavy (non-hydrogen) atoms. The molecule has 0 saturated carbocycles. The molecule has 0 radical (unpaired) electrons. The largest absolute Gasteiger partial charge is 0.405 e. The van der Waals surface area contributed by atoms with Gasteiger partial charge in [-0.05, 0) is 21.8 Å². The van der Waals surface area contributed by atoms with Crippen molar-refractivity contribution in [2.75, 3.05) is 72.7 Å². The molecule has 0 amide bonds. The number of hydrogen-bond donors (Lipinski definition) is 0. The van der Waals surface area contributed by atoms with Gasteiger partial charge in [-0.2, -0.15) is 0 Å². The van der Waals surface area contributed by atoms with Crippen molar-refractivity contribution in [2.24, 2.45) is 0 Å².